The molecule has 4 aliphatic carbocycles. The molecule has 0 N–H and O–H groups in total. The van der Waals surface area contributed by atoms with Gasteiger partial charge in [0.25, 0.3) is 5.97 Å². The maximum absolute atomic E-state index is 12.6. The average Bonchev–Trinajstić information content (AvgIpc) is 3.31. The van der Waals surface area contributed by atoms with Crippen molar-refractivity contribution in [1.29, 1.82) is 0 Å². The lowest BCUT2D eigenvalue weighted by atomic mass is 9.46. The minimum absolute atomic E-state index is 0.0104. The number of carbonyl (C=O) groups excluding carboxylic acids is 3. The number of fused-ring (bicyclic) bond motifs is 7. The van der Waals surface area contributed by atoms with Gasteiger partial charge in [0.15, 0.2) is 10.9 Å². The maximum atomic E-state index is 12.6. The van der Waals surface area contributed by atoms with Crippen LogP contribution in [0, 0.1) is 40.4 Å². The Morgan fingerprint density at radius 3 is 2.52 bits per heavy atom. The van der Waals surface area contributed by atoms with Crippen molar-refractivity contribution in [2.75, 3.05) is 6.26 Å². The van der Waals surface area contributed by atoms with Crippen molar-refractivity contribution in [3.8, 4) is 0 Å². The molecule has 0 aromatic heterocycles. The summed E-state index contributed by atoms with van der Waals surface area (Å²) in [6.07, 6.45) is 12.8. The third kappa shape index (κ3) is 4.52. The Morgan fingerprint density at radius 1 is 1.10 bits per heavy atom. The lowest BCUT2D eigenvalue weighted by Gasteiger charge is -2.59. The average molecular weight is 601 g/mol. The number of hydrogen-bond donors (Lipinski definition) is 0. The van der Waals surface area contributed by atoms with E-state index >= 15 is 0 Å². The van der Waals surface area contributed by atoms with E-state index in [2.05, 4.69) is 33.8 Å². The van der Waals surface area contributed by atoms with E-state index in [1.165, 1.54) is 18.7 Å². The van der Waals surface area contributed by atoms with E-state index in [0.29, 0.717) is 30.6 Å². The van der Waals surface area contributed by atoms with Crippen molar-refractivity contribution in [1.82, 2.24) is 0 Å². The molecule has 2 heterocycles. The van der Waals surface area contributed by atoms with Crippen molar-refractivity contribution in [3.05, 3.63) is 23.8 Å². The molecule has 11 atom stereocenters. The zero-order valence-corrected chi connectivity index (χ0v) is 27.3. The lowest BCUT2D eigenvalue weighted by molar-refractivity contribution is -0.392. The van der Waals surface area contributed by atoms with Gasteiger partial charge < -0.3 is 18.9 Å². The van der Waals surface area contributed by atoms with Crippen LogP contribution in [0.5, 0.6) is 0 Å². The molecular formula is C34H48O7S. The summed E-state index contributed by atoms with van der Waals surface area (Å²) in [5.74, 6) is 0.0442. The van der Waals surface area contributed by atoms with Gasteiger partial charge in [-0.05, 0) is 93.9 Å². The Labute approximate surface area is 254 Å². The van der Waals surface area contributed by atoms with Crippen LogP contribution in [-0.4, -0.2) is 52.5 Å². The largest absolute Gasteiger partial charge is 0.462 e. The first-order valence-corrected chi connectivity index (χ1v) is 17.1. The van der Waals surface area contributed by atoms with Gasteiger partial charge in [-0.25, -0.2) is 0 Å². The molecule has 0 radical (unpaired) electrons. The summed E-state index contributed by atoms with van der Waals surface area (Å²) in [5.41, 5.74) is -0.163. The van der Waals surface area contributed by atoms with Gasteiger partial charge in [-0.15, -0.1) is 0 Å². The van der Waals surface area contributed by atoms with Crippen LogP contribution in [0.25, 0.3) is 0 Å². The van der Waals surface area contributed by atoms with E-state index in [0.717, 1.165) is 31.3 Å². The molecule has 7 nitrogen and oxygen atoms in total. The van der Waals surface area contributed by atoms with E-state index in [1.54, 1.807) is 18.4 Å². The molecule has 5 fully saturated rings. The van der Waals surface area contributed by atoms with E-state index in [4.69, 9.17) is 18.9 Å². The van der Waals surface area contributed by atoms with E-state index in [9.17, 15) is 14.4 Å². The third-order valence-electron chi connectivity index (χ3n) is 12.7. The van der Waals surface area contributed by atoms with Gasteiger partial charge in [-0.3, -0.25) is 14.4 Å². The molecule has 6 aliphatic rings. The molecule has 2 aliphatic heterocycles. The molecule has 0 unspecified atom stereocenters. The normalized spacial score (nSPS) is 47.6. The van der Waals surface area contributed by atoms with Crippen LogP contribution >= 0.6 is 11.8 Å². The molecule has 2 saturated heterocycles. The first-order valence-electron chi connectivity index (χ1n) is 15.8. The van der Waals surface area contributed by atoms with Crippen LogP contribution in [0.2, 0.25) is 0 Å². The van der Waals surface area contributed by atoms with Gasteiger partial charge in [-0.1, -0.05) is 44.2 Å². The maximum Gasteiger partial charge on any atom is 0.302 e. The highest BCUT2D eigenvalue weighted by Gasteiger charge is 2.68. The number of ether oxygens (including phenoxy) is 4. The molecule has 0 aromatic carbocycles. The minimum atomic E-state index is -1.35. The third-order valence-corrected chi connectivity index (χ3v) is 13.3. The Morgan fingerprint density at radius 2 is 1.83 bits per heavy atom. The fourth-order valence-corrected chi connectivity index (χ4v) is 10.6. The molecule has 0 amide bonds. The first kappa shape index (κ1) is 30.5. The number of allylic oxidation sites excluding steroid dienone is 3. The second kappa shape index (κ2) is 10.0. The van der Waals surface area contributed by atoms with Crippen LogP contribution in [0.1, 0.15) is 93.4 Å². The number of rotatable bonds is 5. The fourth-order valence-electron chi connectivity index (χ4n) is 10.3. The van der Waals surface area contributed by atoms with Crippen LogP contribution < -0.4 is 0 Å². The van der Waals surface area contributed by atoms with Crippen molar-refractivity contribution in [2.45, 2.75) is 123 Å². The summed E-state index contributed by atoms with van der Waals surface area (Å²) in [6, 6.07) is 0. The molecule has 6 rings (SSSR count). The highest BCUT2D eigenvalue weighted by atomic mass is 32.2. The van der Waals surface area contributed by atoms with Crippen molar-refractivity contribution < 1.29 is 33.3 Å². The van der Waals surface area contributed by atoms with E-state index in [1.807, 2.05) is 13.8 Å². The van der Waals surface area contributed by atoms with E-state index < -0.39 is 17.2 Å². The van der Waals surface area contributed by atoms with Crippen LogP contribution in [0.3, 0.4) is 0 Å². The number of ketones is 1. The molecule has 2 bridgehead atoms. The van der Waals surface area contributed by atoms with Gasteiger partial charge >= 0.3 is 5.97 Å². The van der Waals surface area contributed by atoms with Gasteiger partial charge in [0.05, 0.1) is 18.1 Å². The molecule has 3 saturated carbocycles. The Kier molecular flexibility index (Phi) is 7.28. The summed E-state index contributed by atoms with van der Waals surface area (Å²) < 4.78 is 25.7. The Hall–Kier alpha value is -1.48. The van der Waals surface area contributed by atoms with Crippen molar-refractivity contribution in [3.63, 3.8) is 0 Å². The number of carbonyl (C=O) groups is 3. The zero-order chi connectivity index (χ0) is 30.5. The Bertz CT molecular complexity index is 1240. The second-order valence-electron chi connectivity index (χ2n) is 15.2. The van der Waals surface area contributed by atoms with Crippen LogP contribution in [0.15, 0.2) is 23.8 Å². The fraction of sp³-hybridized carbons (Fsp3) is 0.794. The molecule has 0 spiro atoms. The van der Waals surface area contributed by atoms with Crippen LogP contribution in [0.4, 0.5) is 0 Å². The topological polar surface area (TPSA) is 88.1 Å². The second-order valence-corrected chi connectivity index (χ2v) is 16.0. The molecular weight excluding hydrogens is 552 g/mol. The SMILES string of the molecule is CSC(=O)C[C@@]12O[C@H]([C@@H](C)[C@H]3CC[C@H]4[C@@H]5[C@H](OC(C)=O)CC6=CC(=O)C=C[C@]6(C)[C@H]5CC[C@]34C)C[C@@](C)(O1)C(C)(C)O2. The predicted molar refractivity (Wildman–Crippen MR) is 160 cm³/mol. The molecule has 8 heteroatoms. The summed E-state index contributed by atoms with van der Waals surface area (Å²) in [6.45, 7) is 14.8. The van der Waals surface area contributed by atoms with Gasteiger partial charge in [0.2, 0.25) is 0 Å². The number of hydrogen-bond acceptors (Lipinski definition) is 8. The highest BCUT2D eigenvalue weighted by Crippen LogP contribution is 2.68. The zero-order valence-electron chi connectivity index (χ0n) is 26.5. The van der Waals surface area contributed by atoms with Crippen molar-refractivity contribution in [2.24, 2.45) is 40.4 Å². The standard InChI is InChI=1S/C34H48O7S/c1-19(27-17-33(7)30(3,4)40-34(39-27,41-33)18-28(37)42-8)23-9-10-24-29-25(12-14-32(23,24)6)31(5)13-11-22(36)15-21(31)16-26(29)38-20(2)35/h11,13,15,19,23-27,29H,9-10,12,14,16-18H2,1-8H3/t19-,23+,24-,25-,26+,27-,29-,31-,32+,33+,34-/m0/s1. The Balaban J connectivity index is 1.30. The first-order chi connectivity index (χ1) is 19.6. The monoisotopic (exact) mass is 600 g/mol. The molecule has 42 heavy (non-hydrogen) atoms. The lowest BCUT2D eigenvalue weighted by Crippen LogP contribution is -2.57. The minimum Gasteiger partial charge on any atom is -0.462 e. The summed E-state index contributed by atoms with van der Waals surface area (Å²) in [4.78, 5) is 37.3. The summed E-state index contributed by atoms with van der Waals surface area (Å²) >= 11 is 1.18. The van der Waals surface area contributed by atoms with Crippen molar-refractivity contribution >= 4 is 28.6 Å². The van der Waals surface area contributed by atoms with E-state index in [-0.39, 0.29) is 58.2 Å². The number of esters is 1. The quantitative estimate of drug-likeness (QED) is 0.335. The molecule has 232 valence electrons. The van der Waals surface area contributed by atoms with Gasteiger partial charge in [0, 0.05) is 31.1 Å². The summed E-state index contributed by atoms with van der Waals surface area (Å²) in [5, 5.41) is -0.0104. The summed E-state index contributed by atoms with van der Waals surface area (Å²) in [7, 11) is 0. The van der Waals surface area contributed by atoms with Crippen LogP contribution in [-0.2, 0) is 33.3 Å². The molecule has 0 aromatic rings. The highest BCUT2D eigenvalue weighted by molar-refractivity contribution is 8.13. The smallest absolute Gasteiger partial charge is 0.302 e. The van der Waals surface area contributed by atoms with Gasteiger partial charge in [-0.2, -0.15) is 0 Å². The number of thioether (sulfide) groups is 1. The predicted octanol–water partition coefficient (Wildman–Crippen LogP) is 6.39. The van der Waals surface area contributed by atoms with Gasteiger partial charge in [0.1, 0.15) is 11.7 Å².